The van der Waals surface area contributed by atoms with Crippen molar-refractivity contribution in [2.45, 2.75) is 44.5 Å². The lowest BCUT2D eigenvalue weighted by Gasteiger charge is -2.42. The predicted octanol–water partition coefficient (Wildman–Crippen LogP) is 2.71. The van der Waals surface area contributed by atoms with E-state index in [1.54, 1.807) is 0 Å². The molecule has 22 heavy (non-hydrogen) atoms. The Bertz CT molecular complexity index is 451. The van der Waals surface area contributed by atoms with E-state index in [-0.39, 0.29) is 12.2 Å². The average molecular weight is 336 g/mol. The molecule has 1 N–H and O–H groups in total. The molecule has 0 radical (unpaired) electrons. The first-order chi connectivity index (χ1) is 9.62. The van der Waals surface area contributed by atoms with Gasteiger partial charge in [0, 0.05) is 11.8 Å². The second kappa shape index (κ2) is 5.41. The molecule has 1 rings (SSSR count). The van der Waals surface area contributed by atoms with Crippen molar-refractivity contribution in [2.75, 3.05) is 6.61 Å². The van der Waals surface area contributed by atoms with Crippen molar-refractivity contribution in [3.63, 3.8) is 0 Å². The fraction of sp³-hybridized carbons (Fsp3) is 0.750. The average Bonchev–Trinajstić information content (AvgIpc) is 2.29. The zero-order chi connectivity index (χ0) is 17.6. The summed E-state index contributed by atoms with van der Waals surface area (Å²) in [6.45, 7) is 4.79. The third kappa shape index (κ3) is 3.37. The van der Waals surface area contributed by atoms with Crippen LogP contribution < -0.4 is 0 Å². The molecule has 1 atom stereocenters. The molecule has 1 aliphatic heterocycles. The molecule has 128 valence electrons. The smallest absolute Gasteiger partial charge is 0.426 e. The number of carbonyl (C=O) groups is 1. The third-order valence-electron chi connectivity index (χ3n) is 3.20. The molecule has 4 nitrogen and oxygen atoms in total. The molecular formula is C12H14F6O4. The number of rotatable bonds is 3. The zero-order valence-corrected chi connectivity index (χ0v) is 11.6. The van der Waals surface area contributed by atoms with Crippen LogP contribution in [-0.2, 0) is 14.3 Å². The number of halogens is 6. The van der Waals surface area contributed by atoms with Gasteiger partial charge in [-0.05, 0) is 0 Å². The fourth-order valence-electron chi connectivity index (χ4n) is 1.94. The van der Waals surface area contributed by atoms with Crippen LogP contribution in [0.3, 0.4) is 0 Å². The second-order valence-corrected chi connectivity index (χ2v) is 5.67. The van der Waals surface area contributed by atoms with Crippen LogP contribution in [0.15, 0.2) is 12.2 Å². The molecule has 1 unspecified atom stereocenters. The summed E-state index contributed by atoms with van der Waals surface area (Å²) in [6.07, 6.45) is -15.4. The first kappa shape index (κ1) is 18.8. The minimum Gasteiger partial charge on any atom is -0.432 e. The van der Waals surface area contributed by atoms with Gasteiger partial charge in [-0.15, -0.1) is 0 Å². The largest absolute Gasteiger partial charge is 0.432 e. The van der Waals surface area contributed by atoms with Crippen molar-refractivity contribution in [1.82, 2.24) is 0 Å². The van der Waals surface area contributed by atoms with Crippen LogP contribution in [0.4, 0.5) is 26.3 Å². The maximum atomic E-state index is 12.7. The van der Waals surface area contributed by atoms with E-state index in [0.717, 1.165) is 13.8 Å². The van der Waals surface area contributed by atoms with Gasteiger partial charge in [0.1, 0.15) is 0 Å². The van der Waals surface area contributed by atoms with Crippen molar-refractivity contribution < 1.29 is 45.7 Å². The first-order valence-corrected chi connectivity index (χ1v) is 5.98. The van der Waals surface area contributed by atoms with Crippen LogP contribution in [0.25, 0.3) is 0 Å². The Morgan fingerprint density at radius 3 is 2.00 bits per heavy atom. The summed E-state index contributed by atoms with van der Waals surface area (Å²) >= 11 is 0. The highest BCUT2D eigenvalue weighted by Crippen LogP contribution is 2.50. The summed E-state index contributed by atoms with van der Waals surface area (Å²) in [4.78, 5) is 11.3. The number of hydrogen-bond donors (Lipinski definition) is 1. The highest BCUT2D eigenvalue weighted by atomic mass is 19.4. The number of ether oxygens (including phenoxy) is 2. The standard InChI is InChI=1S/C12H14F6O4/c1-6-4-21-8(22-7(6)19)9(2,3)5-10(20,11(13,14)15)12(16,17)18/h8,20H,1,4-5H2,2-3H3. The van der Waals surface area contributed by atoms with E-state index < -0.39 is 42.0 Å². The van der Waals surface area contributed by atoms with Crippen LogP contribution in [0.5, 0.6) is 0 Å². The lowest BCUT2D eigenvalue weighted by Crippen LogP contribution is -2.60. The molecule has 0 aliphatic carbocycles. The molecule has 1 aliphatic rings. The van der Waals surface area contributed by atoms with Gasteiger partial charge in [-0.2, -0.15) is 26.3 Å². The van der Waals surface area contributed by atoms with Gasteiger partial charge in [-0.1, -0.05) is 20.4 Å². The van der Waals surface area contributed by atoms with Gasteiger partial charge in [0.15, 0.2) is 0 Å². The SMILES string of the molecule is C=C1COC(C(C)(C)CC(O)(C(F)(F)F)C(F)(F)F)OC1=O. The van der Waals surface area contributed by atoms with Gasteiger partial charge in [-0.25, -0.2) is 4.79 Å². The van der Waals surface area contributed by atoms with Crippen molar-refractivity contribution in [3.8, 4) is 0 Å². The lowest BCUT2D eigenvalue weighted by atomic mass is 9.78. The molecule has 1 fully saturated rings. The molecule has 0 aromatic carbocycles. The van der Waals surface area contributed by atoms with E-state index in [2.05, 4.69) is 11.3 Å². The Labute approximate surface area is 121 Å². The van der Waals surface area contributed by atoms with Crippen molar-refractivity contribution >= 4 is 5.97 Å². The molecule has 1 saturated heterocycles. The predicted molar refractivity (Wildman–Crippen MR) is 60.4 cm³/mol. The Kier molecular flexibility index (Phi) is 4.61. The summed E-state index contributed by atoms with van der Waals surface area (Å²) < 4.78 is 85.8. The minimum absolute atomic E-state index is 0.117. The van der Waals surface area contributed by atoms with Crippen LogP contribution in [0, 0.1) is 5.41 Å². The Morgan fingerprint density at radius 1 is 1.18 bits per heavy atom. The maximum Gasteiger partial charge on any atom is 0.426 e. The second-order valence-electron chi connectivity index (χ2n) is 5.67. The summed E-state index contributed by atoms with van der Waals surface area (Å²) in [5.41, 5.74) is -7.03. The number of carbonyl (C=O) groups excluding carboxylic acids is 1. The van der Waals surface area contributed by atoms with E-state index in [9.17, 15) is 36.2 Å². The fourth-order valence-corrected chi connectivity index (χ4v) is 1.94. The van der Waals surface area contributed by atoms with Crippen molar-refractivity contribution in [3.05, 3.63) is 12.2 Å². The lowest BCUT2D eigenvalue weighted by molar-refractivity contribution is -0.380. The summed E-state index contributed by atoms with van der Waals surface area (Å²) in [5, 5.41) is 9.20. The third-order valence-corrected chi connectivity index (χ3v) is 3.20. The Balaban J connectivity index is 3.07. The van der Waals surface area contributed by atoms with Gasteiger partial charge in [0.05, 0.1) is 12.2 Å². The molecule has 0 amide bonds. The van der Waals surface area contributed by atoms with Gasteiger partial charge >= 0.3 is 18.3 Å². The van der Waals surface area contributed by atoms with E-state index >= 15 is 0 Å². The highest BCUT2D eigenvalue weighted by molar-refractivity contribution is 5.88. The number of aliphatic hydroxyl groups is 1. The minimum atomic E-state index is -5.95. The van der Waals surface area contributed by atoms with Crippen molar-refractivity contribution in [1.29, 1.82) is 0 Å². The zero-order valence-electron chi connectivity index (χ0n) is 11.6. The normalized spacial score (nSPS) is 21.8. The van der Waals surface area contributed by atoms with Crippen LogP contribution >= 0.6 is 0 Å². The van der Waals surface area contributed by atoms with E-state index in [4.69, 9.17) is 4.74 Å². The van der Waals surface area contributed by atoms with Gasteiger partial charge in [-0.3, -0.25) is 0 Å². The van der Waals surface area contributed by atoms with E-state index in [0.29, 0.717) is 0 Å². The van der Waals surface area contributed by atoms with Crippen LogP contribution in [-0.4, -0.2) is 41.9 Å². The van der Waals surface area contributed by atoms with Gasteiger partial charge in [0.2, 0.25) is 6.29 Å². The van der Waals surface area contributed by atoms with Gasteiger partial charge in [0.25, 0.3) is 5.60 Å². The number of alkyl halides is 6. The number of cyclic esters (lactones) is 1. The molecule has 0 aromatic heterocycles. The Hall–Kier alpha value is -1.29. The molecule has 0 aromatic rings. The molecule has 1 heterocycles. The highest BCUT2D eigenvalue weighted by Gasteiger charge is 2.72. The van der Waals surface area contributed by atoms with Crippen LogP contribution in [0.1, 0.15) is 20.3 Å². The molecular weight excluding hydrogens is 322 g/mol. The van der Waals surface area contributed by atoms with Gasteiger partial charge < -0.3 is 14.6 Å². The van der Waals surface area contributed by atoms with E-state index in [1.807, 2.05) is 0 Å². The van der Waals surface area contributed by atoms with E-state index in [1.165, 1.54) is 0 Å². The monoisotopic (exact) mass is 336 g/mol. The Morgan fingerprint density at radius 2 is 1.64 bits per heavy atom. The van der Waals surface area contributed by atoms with Crippen LogP contribution in [0.2, 0.25) is 0 Å². The first-order valence-electron chi connectivity index (χ1n) is 5.98. The molecule has 0 spiro atoms. The quantitative estimate of drug-likeness (QED) is 0.489. The number of hydrogen-bond acceptors (Lipinski definition) is 4. The molecule has 0 bridgehead atoms. The maximum absolute atomic E-state index is 12.7. The summed E-state index contributed by atoms with van der Waals surface area (Å²) in [7, 11) is 0. The summed E-state index contributed by atoms with van der Waals surface area (Å²) in [6, 6.07) is 0. The number of esters is 1. The topological polar surface area (TPSA) is 55.8 Å². The molecule has 0 saturated carbocycles. The summed E-state index contributed by atoms with van der Waals surface area (Å²) in [5.74, 6) is -0.980. The molecule has 10 heteroatoms. The van der Waals surface area contributed by atoms with Crippen molar-refractivity contribution in [2.24, 2.45) is 5.41 Å².